The third kappa shape index (κ3) is 5.45. The maximum Gasteiger partial charge on any atom is 0.223 e. The van der Waals surface area contributed by atoms with Crippen molar-refractivity contribution < 1.29 is 4.79 Å². The van der Waals surface area contributed by atoms with Gasteiger partial charge < -0.3 is 5.32 Å². The Kier molecular flexibility index (Phi) is 6.85. The van der Waals surface area contributed by atoms with Crippen molar-refractivity contribution in [2.45, 2.75) is 83.0 Å². The summed E-state index contributed by atoms with van der Waals surface area (Å²) in [6.07, 6.45) is 8.62. The zero-order valence-corrected chi connectivity index (χ0v) is 14.6. The molecular formula is C16H30BrNO. The summed E-state index contributed by atoms with van der Waals surface area (Å²) in [5.74, 6) is 1.36. The van der Waals surface area contributed by atoms with Crippen LogP contribution in [0.2, 0.25) is 0 Å². The van der Waals surface area contributed by atoms with E-state index in [9.17, 15) is 4.79 Å². The fraction of sp³-hybridized carbons (Fsp3) is 0.938. The quantitative estimate of drug-likeness (QED) is 0.704. The fourth-order valence-electron chi connectivity index (χ4n) is 2.73. The van der Waals surface area contributed by atoms with Crippen molar-refractivity contribution in [3.8, 4) is 0 Å². The molecule has 0 saturated heterocycles. The van der Waals surface area contributed by atoms with Crippen LogP contribution in [0.5, 0.6) is 0 Å². The van der Waals surface area contributed by atoms with E-state index in [4.69, 9.17) is 0 Å². The highest BCUT2D eigenvalue weighted by Gasteiger charge is 2.31. The average molecular weight is 332 g/mol. The van der Waals surface area contributed by atoms with Gasteiger partial charge in [-0.25, -0.2) is 0 Å². The van der Waals surface area contributed by atoms with Crippen LogP contribution in [0.4, 0.5) is 0 Å². The molecule has 112 valence electrons. The van der Waals surface area contributed by atoms with E-state index in [2.05, 4.69) is 48.9 Å². The van der Waals surface area contributed by atoms with Gasteiger partial charge in [-0.05, 0) is 45.4 Å². The molecule has 1 rings (SSSR count). The number of hydrogen-bond acceptors (Lipinski definition) is 1. The Bertz CT molecular complexity index is 280. The Balaban J connectivity index is 2.37. The minimum absolute atomic E-state index is 0.170. The Hall–Kier alpha value is -0.0500. The number of carbonyl (C=O) groups is 1. The summed E-state index contributed by atoms with van der Waals surface area (Å²) in [6, 6.07) is 0. The van der Waals surface area contributed by atoms with Gasteiger partial charge >= 0.3 is 0 Å². The predicted octanol–water partition coefficient (Wildman–Crippen LogP) is 4.66. The molecule has 0 aromatic carbocycles. The lowest BCUT2D eigenvalue weighted by atomic mass is 9.79. The van der Waals surface area contributed by atoms with E-state index >= 15 is 0 Å². The van der Waals surface area contributed by atoms with Crippen LogP contribution in [-0.2, 0) is 4.79 Å². The Morgan fingerprint density at radius 3 is 2.37 bits per heavy atom. The topological polar surface area (TPSA) is 29.1 Å². The second-order valence-electron chi connectivity index (χ2n) is 6.69. The first-order valence-electron chi connectivity index (χ1n) is 7.83. The standard InChI is InChI=1S/C16H30BrNO/c1-5-6-7-13-8-10-14(11-9-13)15(19)18-16(3,4)12(2)17/h12-14H,5-11H2,1-4H3,(H,18,19). The van der Waals surface area contributed by atoms with E-state index in [1.807, 2.05) is 0 Å². The van der Waals surface area contributed by atoms with Crippen molar-refractivity contribution in [3.05, 3.63) is 0 Å². The number of rotatable bonds is 6. The van der Waals surface area contributed by atoms with Gasteiger partial charge in [-0.3, -0.25) is 4.79 Å². The third-order valence-corrected chi connectivity index (χ3v) is 5.77. The van der Waals surface area contributed by atoms with Crippen LogP contribution in [0.3, 0.4) is 0 Å². The third-order valence-electron chi connectivity index (χ3n) is 4.62. The van der Waals surface area contributed by atoms with Gasteiger partial charge in [0.2, 0.25) is 5.91 Å². The maximum absolute atomic E-state index is 12.3. The van der Waals surface area contributed by atoms with E-state index < -0.39 is 0 Å². The molecule has 1 aliphatic carbocycles. The van der Waals surface area contributed by atoms with Crippen LogP contribution in [-0.4, -0.2) is 16.3 Å². The molecule has 1 aliphatic rings. The van der Waals surface area contributed by atoms with Gasteiger partial charge in [0.1, 0.15) is 0 Å². The summed E-state index contributed by atoms with van der Waals surface area (Å²) in [5, 5.41) is 3.20. The predicted molar refractivity (Wildman–Crippen MR) is 85.6 cm³/mol. The zero-order chi connectivity index (χ0) is 14.5. The first kappa shape index (κ1) is 17.0. The molecule has 1 unspecified atom stereocenters. The van der Waals surface area contributed by atoms with Crippen molar-refractivity contribution in [3.63, 3.8) is 0 Å². The summed E-state index contributed by atoms with van der Waals surface area (Å²) >= 11 is 3.57. The van der Waals surface area contributed by atoms with Crippen molar-refractivity contribution in [2.24, 2.45) is 11.8 Å². The number of hydrogen-bond donors (Lipinski definition) is 1. The molecule has 1 fully saturated rings. The second-order valence-corrected chi connectivity index (χ2v) is 8.06. The smallest absolute Gasteiger partial charge is 0.223 e. The largest absolute Gasteiger partial charge is 0.350 e. The van der Waals surface area contributed by atoms with Crippen LogP contribution < -0.4 is 5.32 Å². The summed E-state index contributed by atoms with van der Waals surface area (Å²) in [4.78, 5) is 12.6. The SMILES string of the molecule is CCCCC1CCC(C(=O)NC(C)(C)C(C)Br)CC1. The van der Waals surface area contributed by atoms with Gasteiger partial charge in [0.05, 0.1) is 0 Å². The summed E-state index contributed by atoms with van der Waals surface area (Å²) < 4.78 is 0. The molecule has 0 bridgehead atoms. The molecular weight excluding hydrogens is 302 g/mol. The second kappa shape index (κ2) is 7.66. The normalized spacial score (nSPS) is 25.9. The average Bonchev–Trinajstić information content (AvgIpc) is 2.36. The number of amides is 1. The number of alkyl halides is 1. The first-order valence-corrected chi connectivity index (χ1v) is 8.74. The molecule has 0 radical (unpaired) electrons. The first-order chi connectivity index (χ1) is 8.86. The molecule has 2 nitrogen and oxygen atoms in total. The molecule has 0 aliphatic heterocycles. The Morgan fingerprint density at radius 1 is 1.32 bits per heavy atom. The van der Waals surface area contributed by atoms with Gasteiger partial charge in [0.15, 0.2) is 0 Å². The number of unbranched alkanes of at least 4 members (excludes halogenated alkanes) is 1. The van der Waals surface area contributed by atoms with Crippen LogP contribution in [0.1, 0.15) is 72.6 Å². The lowest BCUT2D eigenvalue weighted by Gasteiger charge is -2.33. The summed E-state index contributed by atoms with van der Waals surface area (Å²) in [6.45, 7) is 8.50. The van der Waals surface area contributed by atoms with Gasteiger partial charge in [0, 0.05) is 16.3 Å². The van der Waals surface area contributed by atoms with Crippen molar-refractivity contribution in [1.82, 2.24) is 5.32 Å². The van der Waals surface area contributed by atoms with E-state index in [1.54, 1.807) is 0 Å². The molecule has 1 amide bonds. The van der Waals surface area contributed by atoms with Crippen LogP contribution in [0, 0.1) is 11.8 Å². The van der Waals surface area contributed by atoms with Gasteiger partial charge in [-0.15, -0.1) is 0 Å². The molecule has 0 heterocycles. The molecule has 0 aromatic heterocycles. The monoisotopic (exact) mass is 331 g/mol. The lowest BCUT2D eigenvalue weighted by molar-refractivity contribution is -0.127. The zero-order valence-electron chi connectivity index (χ0n) is 13.0. The van der Waals surface area contributed by atoms with Crippen LogP contribution in [0.25, 0.3) is 0 Å². The molecule has 0 spiro atoms. The van der Waals surface area contributed by atoms with Crippen LogP contribution >= 0.6 is 15.9 Å². The fourth-order valence-corrected chi connectivity index (χ4v) is 2.84. The van der Waals surface area contributed by atoms with Crippen molar-refractivity contribution in [1.29, 1.82) is 0 Å². The van der Waals surface area contributed by atoms with Gasteiger partial charge in [-0.2, -0.15) is 0 Å². The van der Waals surface area contributed by atoms with Crippen molar-refractivity contribution in [2.75, 3.05) is 0 Å². The number of nitrogens with one attached hydrogen (secondary N) is 1. The molecule has 1 N–H and O–H groups in total. The van der Waals surface area contributed by atoms with Crippen molar-refractivity contribution >= 4 is 21.8 Å². The Morgan fingerprint density at radius 2 is 1.89 bits per heavy atom. The van der Waals surface area contributed by atoms with E-state index in [0.717, 1.165) is 18.8 Å². The van der Waals surface area contributed by atoms with E-state index in [1.165, 1.54) is 32.1 Å². The lowest BCUT2D eigenvalue weighted by Crippen LogP contribution is -2.51. The number of halogens is 1. The molecule has 0 aromatic rings. The highest BCUT2D eigenvalue weighted by molar-refractivity contribution is 9.09. The summed E-state index contributed by atoms with van der Waals surface area (Å²) in [5.41, 5.74) is -0.170. The highest BCUT2D eigenvalue weighted by atomic mass is 79.9. The Labute approximate surface area is 127 Å². The molecule has 1 atom stereocenters. The van der Waals surface area contributed by atoms with Gasteiger partial charge in [-0.1, -0.05) is 49.0 Å². The molecule has 1 saturated carbocycles. The minimum Gasteiger partial charge on any atom is -0.350 e. The highest BCUT2D eigenvalue weighted by Crippen LogP contribution is 2.32. The van der Waals surface area contributed by atoms with E-state index in [0.29, 0.717) is 0 Å². The number of carbonyl (C=O) groups excluding carboxylic acids is 1. The maximum atomic E-state index is 12.3. The molecule has 3 heteroatoms. The van der Waals surface area contributed by atoms with Gasteiger partial charge in [0.25, 0.3) is 0 Å². The van der Waals surface area contributed by atoms with E-state index in [-0.39, 0.29) is 22.2 Å². The molecule has 19 heavy (non-hydrogen) atoms. The van der Waals surface area contributed by atoms with Crippen LogP contribution in [0.15, 0.2) is 0 Å². The summed E-state index contributed by atoms with van der Waals surface area (Å²) in [7, 11) is 0. The minimum atomic E-state index is -0.170.